The summed E-state index contributed by atoms with van der Waals surface area (Å²) in [5, 5.41) is 25.0. The van der Waals surface area contributed by atoms with Crippen molar-refractivity contribution in [3.8, 4) is 18.2 Å². The molecule has 0 bridgehead atoms. The monoisotopic (exact) mass is 165 g/mol. The van der Waals surface area contributed by atoms with Crippen LogP contribution in [0.15, 0.2) is 0 Å². The number of nitriles is 3. The minimum absolute atomic E-state index is 0. The van der Waals surface area contributed by atoms with E-state index in [1.54, 1.807) is 18.2 Å². The van der Waals surface area contributed by atoms with Crippen molar-refractivity contribution in [3.63, 3.8) is 0 Å². The Hall–Kier alpha value is -1.32. The van der Waals surface area contributed by atoms with Gasteiger partial charge in [-0.15, -0.1) is 0 Å². The zero-order valence-electron chi connectivity index (χ0n) is 6.24. The molecule has 0 saturated carbocycles. The van der Waals surface area contributed by atoms with Crippen molar-refractivity contribution < 1.29 is 29.6 Å². The zero-order valence-corrected chi connectivity index (χ0v) is 8.24. The molecule has 0 aliphatic rings. The molecule has 6 heteroatoms. The third-order valence-corrected chi connectivity index (χ3v) is 0.972. The first-order chi connectivity index (χ1) is 5.31. The van der Waals surface area contributed by atoms with E-state index in [9.17, 15) is 0 Å². The summed E-state index contributed by atoms with van der Waals surface area (Å²) in [6.45, 7) is 0. The molecule has 0 N–H and O–H groups in total. The fraction of sp³-hybridized carbons (Fsp3) is 0. The summed E-state index contributed by atoms with van der Waals surface area (Å²) in [5.74, 6) is -0.141. The standard InChI is InChI=1S/C6N5.Na/c7-1-4-5(2-8)11-6(3-9)10-4;/q-1;+1. The maximum atomic E-state index is 8.35. The van der Waals surface area contributed by atoms with Crippen LogP contribution in [0, 0.1) is 34.0 Å². The van der Waals surface area contributed by atoms with Crippen molar-refractivity contribution >= 4 is 0 Å². The Morgan fingerprint density at radius 3 is 2.08 bits per heavy atom. The molecule has 0 aromatic carbocycles. The molecule has 0 radical (unpaired) electrons. The summed E-state index contributed by atoms with van der Waals surface area (Å²) >= 11 is 0. The van der Waals surface area contributed by atoms with Crippen molar-refractivity contribution in [2.24, 2.45) is 0 Å². The van der Waals surface area contributed by atoms with Gasteiger partial charge in [0.2, 0.25) is 0 Å². The number of rotatable bonds is 0. The van der Waals surface area contributed by atoms with E-state index in [1.807, 2.05) is 0 Å². The van der Waals surface area contributed by atoms with E-state index in [2.05, 4.69) is 9.97 Å². The summed E-state index contributed by atoms with van der Waals surface area (Å²) in [6, 6.07) is 4.94. The minimum Gasteiger partial charge on any atom is -0.417 e. The van der Waals surface area contributed by atoms with Gasteiger partial charge in [0.1, 0.15) is 0 Å². The summed E-state index contributed by atoms with van der Waals surface area (Å²) in [4.78, 5) is 6.92. The Labute approximate surface area is 90.5 Å². The van der Waals surface area contributed by atoms with Crippen LogP contribution in [0.1, 0.15) is 17.2 Å². The van der Waals surface area contributed by atoms with E-state index < -0.39 is 0 Å². The molecule has 12 heavy (non-hydrogen) atoms. The number of nitrogens with zero attached hydrogens (tertiary/aromatic N) is 5. The van der Waals surface area contributed by atoms with Crippen molar-refractivity contribution in [2.45, 2.75) is 0 Å². The van der Waals surface area contributed by atoms with Crippen LogP contribution in [0.2, 0.25) is 0 Å². The summed E-state index contributed by atoms with van der Waals surface area (Å²) in [7, 11) is 0. The van der Waals surface area contributed by atoms with Crippen LogP contribution in [0.4, 0.5) is 0 Å². The maximum Gasteiger partial charge on any atom is 1.00 e. The number of aromatic nitrogens is 2. The van der Waals surface area contributed by atoms with Crippen LogP contribution < -0.4 is 34.5 Å². The first-order valence-electron chi connectivity index (χ1n) is 2.57. The third-order valence-electron chi connectivity index (χ3n) is 0.972. The minimum atomic E-state index is -0.141. The van der Waals surface area contributed by atoms with Crippen molar-refractivity contribution in [2.75, 3.05) is 0 Å². The van der Waals surface area contributed by atoms with E-state index in [4.69, 9.17) is 15.8 Å². The molecule has 0 amide bonds. The molecule has 1 heterocycles. The second-order valence-electron chi connectivity index (χ2n) is 1.58. The fourth-order valence-corrected chi connectivity index (χ4v) is 0.549. The van der Waals surface area contributed by atoms with Gasteiger partial charge in [-0.05, 0) is 0 Å². The van der Waals surface area contributed by atoms with Gasteiger partial charge in [0.05, 0.1) is 29.6 Å². The predicted molar refractivity (Wildman–Crippen MR) is 31.7 cm³/mol. The van der Waals surface area contributed by atoms with Gasteiger partial charge in [-0.2, -0.15) is 15.8 Å². The molecule has 1 rings (SSSR count). The van der Waals surface area contributed by atoms with E-state index in [0.717, 1.165) is 0 Å². The summed E-state index contributed by atoms with van der Waals surface area (Å²) in [5.41, 5.74) is -0.187. The summed E-state index contributed by atoms with van der Waals surface area (Å²) < 4.78 is 0. The van der Waals surface area contributed by atoms with Crippen LogP contribution in [0.25, 0.3) is 0 Å². The topological polar surface area (TPSA) is 98.4 Å². The molecule has 50 valence electrons. The quantitative estimate of drug-likeness (QED) is 0.374. The average Bonchev–Trinajstić information content (AvgIpc) is 2.46. The van der Waals surface area contributed by atoms with Gasteiger partial charge in [-0.3, -0.25) is 0 Å². The van der Waals surface area contributed by atoms with Crippen molar-refractivity contribution in [3.05, 3.63) is 17.2 Å². The largest absolute Gasteiger partial charge is 1.00 e. The number of hydrogen-bond donors (Lipinski definition) is 0. The Kier molecular flexibility index (Phi) is 4.04. The molecular weight excluding hydrogens is 165 g/mol. The summed E-state index contributed by atoms with van der Waals surface area (Å²) in [6.07, 6.45) is 0. The first kappa shape index (κ1) is 10.7. The molecule has 5 nitrogen and oxygen atoms in total. The zero-order chi connectivity index (χ0) is 8.27. The second-order valence-corrected chi connectivity index (χ2v) is 1.58. The van der Waals surface area contributed by atoms with Gasteiger partial charge >= 0.3 is 29.6 Å². The van der Waals surface area contributed by atoms with Crippen LogP contribution in [-0.4, -0.2) is 4.98 Å². The number of imidazole rings is 1. The molecule has 1 aromatic rings. The number of hydrogen-bond acceptors (Lipinski definition) is 4. The van der Waals surface area contributed by atoms with Crippen LogP contribution >= 0.6 is 0 Å². The first-order valence-corrected chi connectivity index (χ1v) is 2.57. The SMILES string of the molecule is N#Cc1nc(C#N)c(C#N)[n-]1.[Na+]. The molecule has 0 spiro atoms. The molecule has 0 fully saturated rings. The fourth-order valence-electron chi connectivity index (χ4n) is 0.549. The molecule has 1 aromatic heterocycles. The molecule has 0 saturated heterocycles. The van der Waals surface area contributed by atoms with Gasteiger partial charge in [0.25, 0.3) is 0 Å². The molecule has 0 unspecified atom stereocenters. The van der Waals surface area contributed by atoms with Gasteiger partial charge in [-0.25, -0.2) is 0 Å². The van der Waals surface area contributed by atoms with E-state index >= 15 is 0 Å². The van der Waals surface area contributed by atoms with E-state index in [-0.39, 0.29) is 46.8 Å². The van der Waals surface area contributed by atoms with Crippen molar-refractivity contribution in [1.29, 1.82) is 15.8 Å². The van der Waals surface area contributed by atoms with Gasteiger partial charge < -0.3 is 9.97 Å². The normalized spacial score (nSPS) is 7.08. The van der Waals surface area contributed by atoms with Crippen LogP contribution in [-0.2, 0) is 0 Å². The Morgan fingerprint density at radius 2 is 1.75 bits per heavy atom. The molecule has 0 aliphatic carbocycles. The van der Waals surface area contributed by atoms with E-state index in [0.29, 0.717) is 0 Å². The smallest absolute Gasteiger partial charge is 0.417 e. The predicted octanol–water partition coefficient (Wildman–Crippen LogP) is -3.34. The van der Waals surface area contributed by atoms with E-state index in [1.165, 1.54) is 0 Å². The Bertz CT molecular complexity index is 368. The van der Waals surface area contributed by atoms with Crippen LogP contribution in [0.5, 0.6) is 0 Å². The van der Waals surface area contributed by atoms with Gasteiger partial charge in [-0.1, -0.05) is 0 Å². The maximum absolute atomic E-state index is 8.35. The molecular formula is C6N5Na. The van der Waals surface area contributed by atoms with Crippen LogP contribution in [0.3, 0.4) is 0 Å². The Morgan fingerprint density at radius 1 is 1.08 bits per heavy atom. The van der Waals surface area contributed by atoms with Gasteiger partial charge in [0.15, 0.2) is 0 Å². The average molecular weight is 165 g/mol. The van der Waals surface area contributed by atoms with Gasteiger partial charge in [0, 0.05) is 5.82 Å². The Balaban J connectivity index is 0.00000121. The molecule has 0 atom stereocenters. The second kappa shape index (κ2) is 4.54. The molecule has 0 aliphatic heterocycles. The third kappa shape index (κ3) is 1.84. The van der Waals surface area contributed by atoms with Crippen molar-refractivity contribution in [1.82, 2.24) is 9.97 Å².